The van der Waals surface area contributed by atoms with Crippen LogP contribution in [0, 0.1) is 34.5 Å². The maximum Gasteiger partial charge on any atom is 0.348 e. The SMILES string of the molecule is CC(C)(C)C#Cc1cc(N(C(=O)[C@H]2CC[C@H](C)CC2)C2CCN(C(=O)CCC3(C)CCNC3)CC2)c(C(=O)O)s1. The van der Waals surface area contributed by atoms with E-state index in [4.69, 9.17) is 0 Å². The lowest BCUT2D eigenvalue weighted by molar-refractivity contribution is -0.132. The zero-order chi connectivity index (χ0) is 29.1. The van der Waals surface area contributed by atoms with Crippen molar-refractivity contribution < 1.29 is 19.5 Å². The van der Waals surface area contributed by atoms with Gasteiger partial charge in [-0.2, -0.15) is 0 Å². The average molecular weight is 570 g/mol. The molecule has 3 fully saturated rings. The van der Waals surface area contributed by atoms with Crippen LogP contribution >= 0.6 is 11.3 Å². The van der Waals surface area contributed by atoms with Crippen molar-refractivity contribution in [1.82, 2.24) is 10.2 Å². The van der Waals surface area contributed by atoms with Gasteiger partial charge in [-0.1, -0.05) is 25.7 Å². The number of thiophene rings is 1. The lowest BCUT2D eigenvalue weighted by Crippen LogP contribution is -2.51. The van der Waals surface area contributed by atoms with E-state index < -0.39 is 5.97 Å². The Balaban J connectivity index is 1.54. The van der Waals surface area contributed by atoms with Crippen molar-refractivity contribution in [3.63, 3.8) is 0 Å². The number of nitrogens with one attached hydrogen (secondary N) is 1. The number of carboxylic acids is 1. The molecule has 220 valence electrons. The molecule has 0 spiro atoms. The molecule has 1 atom stereocenters. The van der Waals surface area contributed by atoms with E-state index in [1.54, 1.807) is 4.90 Å². The van der Waals surface area contributed by atoms with Gasteiger partial charge in [-0.3, -0.25) is 9.59 Å². The number of carboxylic acid groups (broad SMARTS) is 1. The summed E-state index contributed by atoms with van der Waals surface area (Å²) >= 11 is 1.15. The molecule has 1 saturated carbocycles. The van der Waals surface area contributed by atoms with Gasteiger partial charge in [-0.15, -0.1) is 11.3 Å². The number of anilines is 1. The molecule has 1 unspecified atom stereocenters. The van der Waals surface area contributed by atoms with Gasteiger partial charge < -0.3 is 20.2 Å². The number of piperidine rings is 1. The summed E-state index contributed by atoms with van der Waals surface area (Å²) in [7, 11) is 0. The molecule has 2 amide bonds. The van der Waals surface area contributed by atoms with Crippen LogP contribution in [-0.2, 0) is 9.59 Å². The molecule has 4 rings (SSSR count). The fraction of sp³-hybridized carbons (Fsp3) is 0.719. The lowest BCUT2D eigenvalue weighted by atomic mass is 9.82. The Labute approximate surface area is 244 Å². The lowest BCUT2D eigenvalue weighted by Gasteiger charge is -2.40. The Morgan fingerprint density at radius 1 is 1.15 bits per heavy atom. The van der Waals surface area contributed by atoms with Gasteiger partial charge in [0.25, 0.3) is 0 Å². The Morgan fingerprint density at radius 3 is 2.40 bits per heavy atom. The van der Waals surface area contributed by atoms with E-state index in [2.05, 4.69) is 31.0 Å². The van der Waals surface area contributed by atoms with E-state index >= 15 is 0 Å². The molecule has 3 aliphatic rings. The van der Waals surface area contributed by atoms with Gasteiger partial charge in [-0.05, 0) is 96.1 Å². The third-order valence-corrected chi connectivity index (χ3v) is 9.94. The molecule has 40 heavy (non-hydrogen) atoms. The predicted octanol–water partition coefficient (Wildman–Crippen LogP) is 5.77. The van der Waals surface area contributed by atoms with Crippen LogP contribution in [0.15, 0.2) is 6.07 Å². The van der Waals surface area contributed by atoms with Crippen molar-refractivity contribution in [2.75, 3.05) is 31.1 Å². The summed E-state index contributed by atoms with van der Waals surface area (Å²) in [6.45, 7) is 13.7. The standard InChI is InChI=1S/C32H47N3O4S/c1-22-6-8-23(9-7-22)29(37)35(26-20-25(10-14-31(2,3)4)40-28(26)30(38)39)24-12-18-34(19-13-24)27(36)11-15-32(5)16-17-33-21-32/h20,22-24,33H,6-9,11-13,15-19,21H2,1-5H3,(H,38,39)/t22-,23-,32?. The summed E-state index contributed by atoms with van der Waals surface area (Å²) in [6, 6.07) is 1.67. The zero-order valence-electron chi connectivity index (χ0n) is 25.0. The number of nitrogens with zero attached hydrogens (tertiary/aromatic N) is 2. The van der Waals surface area contributed by atoms with Crippen molar-refractivity contribution in [2.24, 2.45) is 22.7 Å². The van der Waals surface area contributed by atoms with E-state index in [0.29, 0.717) is 48.8 Å². The van der Waals surface area contributed by atoms with Gasteiger partial charge in [0.05, 0.1) is 10.6 Å². The van der Waals surface area contributed by atoms with Crippen molar-refractivity contribution >= 4 is 34.8 Å². The first-order chi connectivity index (χ1) is 18.8. The van der Waals surface area contributed by atoms with E-state index in [0.717, 1.165) is 63.0 Å². The highest BCUT2D eigenvalue weighted by Crippen LogP contribution is 2.38. The van der Waals surface area contributed by atoms with E-state index in [1.807, 2.05) is 31.7 Å². The van der Waals surface area contributed by atoms with Gasteiger partial charge in [0.2, 0.25) is 11.8 Å². The number of amides is 2. The summed E-state index contributed by atoms with van der Waals surface area (Å²) in [6.07, 6.45) is 7.55. The molecular weight excluding hydrogens is 522 g/mol. The van der Waals surface area contributed by atoms with Crippen LogP contribution in [-0.4, -0.2) is 60.0 Å². The maximum atomic E-state index is 14.1. The molecule has 3 heterocycles. The Hall–Kier alpha value is -2.37. The van der Waals surface area contributed by atoms with Crippen LogP contribution in [0.25, 0.3) is 0 Å². The van der Waals surface area contributed by atoms with Crippen molar-refractivity contribution in [1.29, 1.82) is 0 Å². The van der Waals surface area contributed by atoms with Gasteiger partial charge in [0, 0.05) is 43.4 Å². The van der Waals surface area contributed by atoms with Crippen LogP contribution in [0.1, 0.15) is 107 Å². The maximum absolute atomic E-state index is 14.1. The molecule has 2 aliphatic heterocycles. The molecule has 1 aliphatic carbocycles. The van der Waals surface area contributed by atoms with Crippen LogP contribution < -0.4 is 10.2 Å². The molecule has 8 heteroatoms. The summed E-state index contributed by atoms with van der Waals surface area (Å²) < 4.78 is 0. The van der Waals surface area contributed by atoms with Crippen molar-refractivity contribution in [3.8, 4) is 11.8 Å². The molecule has 0 bridgehead atoms. The second-order valence-electron chi connectivity index (χ2n) is 13.6. The third-order valence-electron chi connectivity index (χ3n) is 8.91. The minimum atomic E-state index is -1.03. The summed E-state index contributed by atoms with van der Waals surface area (Å²) in [4.78, 5) is 44.2. The van der Waals surface area contributed by atoms with Crippen LogP contribution in [0.4, 0.5) is 5.69 Å². The average Bonchev–Trinajstić information content (AvgIpc) is 3.54. The number of likely N-dealkylation sites (tertiary alicyclic amines) is 1. The monoisotopic (exact) mass is 569 g/mol. The van der Waals surface area contributed by atoms with Crippen LogP contribution in [0.3, 0.4) is 0 Å². The molecule has 7 nitrogen and oxygen atoms in total. The van der Waals surface area contributed by atoms with Crippen LogP contribution in [0.2, 0.25) is 0 Å². The number of aromatic carboxylic acids is 1. The second kappa shape index (κ2) is 12.7. The smallest absolute Gasteiger partial charge is 0.348 e. The van der Waals surface area contributed by atoms with E-state index in [-0.39, 0.29) is 39.5 Å². The molecule has 2 N–H and O–H groups in total. The topological polar surface area (TPSA) is 90.0 Å². The Kier molecular flexibility index (Phi) is 9.67. The highest BCUT2D eigenvalue weighted by Gasteiger charge is 2.38. The van der Waals surface area contributed by atoms with Gasteiger partial charge in [0.1, 0.15) is 4.88 Å². The number of hydrogen-bond acceptors (Lipinski definition) is 5. The first kappa shape index (κ1) is 30.6. The summed E-state index contributed by atoms with van der Waals surface area (Å²) in [5.74, 6) is 6.07. The summed E-state index contributed by atoms with van der Waals surface area (Å²) in [5, 5.41) is 13.5. The summed E-state index contributed by atoms with van der Waals surface area (Å²) in [5.41, 5.74) is 0.451. The zero-order valence-corrected chi connectivity index (χ0v) is 25.8. The highest BCUT2D eigenvalue weighted by atomic mass is 32.1. The largest absolute Gasteiger partial charge is 0.477 e. The first-order valence-corrected chi connectivity index (χ1v) is 15.9. The normalized spacial score (nSPS) is 25.8. The minimum Gasteiger partial charge on any atom is -0.477 e. The minimum absolute atomic E-state index is 0.0361. The predicted molar refractivity (Wildman–Crippen MR) is 161 cm³/mol. The quantitative estimate of drug-likeness (QED) is 0.407. The van der Waals surface area contributed by atoms with Gasteiger partial charge in [0.15, 0.2) is 0 Å². The molecule has 1 aromatic rings. The number of carbonyl (C=O) groups excluding carboxylic acids is 2. The molecule has 0 aromatic carbocycles. The number of hydrogen-bond donors (Lipinski definition) is 2. The molecule has 1 aromatic heterocycles. The van der Waals surface area contributed by atoms with Crippen LogP contribution in [0.5, 0.6) is 0 Å². The number of carbonyl (C=O) groups is 3. The molecular formula is C32H47N3O4S. The van der Waals surface area contributed by atoms with E-state index in [1.165, 1.54) is 0 Å². The first-order valence-electron chi connectivity index (χ1n) is 15.1. The fourth-order valence-electron chi connectivity index (χ4n) is 6.25. The Morgan fingerprint density at radius 2 is 1.82 bits per heavy atom. The van der Waals surface area contributed by atoms with Gasteiger partial charge >= 0.3 is 5.97 Å². The Bertz CT molecular complexity index is 1140. The highest BCUT2D eigenvalue weighted by molar-refractivity contribution is 7.15. The second-order valence-corrected chi connectivity index (χ2v) is 14.7. The third kappa shape index (κ3) is 7.67. The van der Waals surface area contributed by atoms with Gasteiger partial charge in [-0.25, -0.2) is 4.79 Å². The molecule has 2 saturated heterocycles. The number of rotatable bonds is 7. The van der Waals surface area contributed by atoms with E-state index in [9.17, 15) is 19.5 Å². The van der Waals surface area contributed by atoms with Crippen molar-refractivity contribution in [2.45, 2.75) is 98.4 Å². The molecule has 0 radical (unpaired) electrons. The fourth-order valence-corrected chi connectivity index (χ4v) is 7.09. The van der Waals surface area contributed by atoms with Crippen molar-refractivity contribution in [3.05, 3.63) is 15.8 Å².